The van der Waals surface area contributed by atoms with E-state index in [9.17, 15) is 14.7 Å². The van der Waals surface area contributed by atoms with E-state index in [0.717, 1.165) is 31.2 Å². The largest absolute Gasteiger partial charge is 0.395 e. The third-order valence-electron chi connectivity index (χ3n) is 4.50. The van der Waals surface area contributed by atoms with Crippen LogP contribution in [0.3, 0.4) is 0 Å². The molecule has 0 aliphatic heterocycles. The first kappa shape index (κ1) is 17.5. The van der Waals surface area contributed by atoms with Crippen molar-refractivity contribution in [3.8, 4) is 0 Å². The minimum absolute atomic E-state index is 0.154. The molecular weight excluding hydrogens is 292 g/mol. The van der Waals surface area contributed by atoms with Crippen molar-refractivity contribution in [1.82, 2.24) is 9.80 Å². The molecule has 0 radical (unpaired) electrons. The highest BCUT2D eigenvalue weighted by Crippen LogP contribution is 2.22. The lowest BCUT2D eigenvalue weighted by Crippen LogP contribution is -2.48. The molecule has 5 heteroatoms. The first-order chi connectivity index (χ1) is 11.1. The number of carbonyl (C=O) groups is 2. The van der Waals surface area contributed by atoms with Gasteiger partial charge in [0.25, 0.3) is 0 Å². The average Bonchev–Trinajstić information content (AvgIpc) is 2.61. The number of aliphatic hydroxyl groups excluding tert-OH is 1. The van der Waals surface area contributed by atoms with Crippen LogP contribution in [0, 0.1) is 0 Å². The van der Waals surface area contributed by atoms with Gasteiger partial charge >= 0.3 is 11.8 Å². The molecule has 5 nitrogen and oxygen atoms in total. The topological polar surface area (TPSA) is 60.9 Å². The Kier molecular flexibility index (Phi) is 6.59. The number of rotatable bonds is 5. The van der Waals surface area contributed by atoms with E-state index in [1.54, 1.807) is 11.9 Å². The summed E-state index contributed by atoms with van der Waals surface area (Å²) in [5.41, 5.74) is 0.947. The van der Waals surface area contributed by atoms with Crippen LogP contribution in [0.2, 0.25) is 0 Å². The van der Waals surface area contributed by atoms with Gasteiger partial charge in [0.15, 0.2) is 0 Å². The molecule has 0 bridgehead atoms. The highest BCUT2D eigenvalue weighted by molar-refractivity contribution is 6.34. The smallest absolute Gasteiger partial charge is 0.312 e. The molecule has 1 aliphatic carbocycles. The van der Waals surface area contributed by atoms with Crippen molar-refractivity contribution in [3.05, 3.63) is 35.9 Å². The van der Waals surface area contributed by atoms with Gasteiger partial charge in [0, 0.05) is 26.2 Å². The molecule has 1 aliphatic rings. The highest BCUT2D eigenvalue weighted by atomic mass is 16.3. The number of carbonyl (C=O) groups excluding carboxylic acids is 2. The molecule has 1 fully saturated rings. The van der Waals surface area contributed by atoms with Crippen molar-refractivity contribution >= 4 is 11.8 Å². The summed E-state index contributed by atoms with van der Waals surface area (Å²) in [4.78, 5) is 28.1. The van der Waals surface area contributed by atoms with Gasteiger partial charge in [-0.25, -0.2) is 0 Å². The Labute approximate surface area is 137 Å². The SMILES string of the molecule is CN(C(=O)C(=O)N(CCO)Cc1ccccc1)C1CCCCC1. The second kappa shape index (κ2) is 8.67. The van der Waals surface area contributed by atoms with E-state index in [2.05, 4.69) is 0 Å². The average molecular weight is 318 g/mol. The summed E-state index contributed by atoms with van der Waals surface area (Å²) in [7, 11) is 1.72. The molecule has 126 valence electrons. The van der Waals surface area contributed by atoms with Gasteiger partial charge in [-0.2, -0.15) is 0 Å². The van der Waals surface area contributed by atoms with Crippen LogP contribution in [0.1, 0.15) is 37.7 Å². The van der Waals surface area contributed by atoms with E-state index in [-0.39, 0.29) is 19.2 Å². The normalized spacial score (nSPS) is 15.2. The van der Waals surface area contributed by atoms with Crippen molar-refractivity contribution in [1.29, 1.82) is 0 Å². The summed E-state index contributed by atoms with van der Waals surface area (Å²) in [6, 6.07) is 9.68. The van der Waals surface area contributed by atoms with Gasteiger partial charge in [-0.15, -0.1) is 0 Å². The molecule has 2 rings (SSSR count). The molecule has 1 aromatic carbocycles. The Morgan fingerprint density at radius 2 is 1.74 bits per heavy atom. The van der Waals surface area contributed by atoms with E-state index >= 15 is 0 Å². The monoisotopic (exact) mass is 318 g/mol. The Balaban J connectivity index is 2.02. The fourth-order valence-corrected chi connectivity index (χ4v) is 3.10. The molecule has 0 heterocycles. The number of nitrogens with zero attached hydrogens (tertiary/aromatic N) is 2. The Morgan fingerprint density at radius 1 is 1.09 bits per heavy atom. The third-order valence-corrected chi connectivity index (χ3v) is 4.50. The summed E-state index contributed by atoms with van der Waals surface area (Å²) in [6.45, 7) is 0.349. The third kappa shape index (κ3) is 4.79. The van der Waals surface area contributed by atoms with Crippen LogP contribution in [0.25, 0.3) is 0 Å². The van der Waals surface area contributed by atoms with Crippen LogP contribution in [-0.2, 0) is 16.1 Å². The Bertz CT molecular complexity index is 512. The highest BCUT2D eigenvalue weighted by Gasteiger charge is 2.29. The molecule has 0 saturated heterocycles. The van der Waals surface area contributed by atoms with Gasteiger partial charge in [-0.3, -0.25) is 9.59 Å². The molecule has 0 unspecified atom stereocenters. The summed E-state index contributed by atoms with van der Waals surface area (Å²) in [5, 5.41) is 9.21. The maximum atomic E-state index is 12.5. The van der Waals surface area contributed by atoms with Crippen molar-refractivity contribution in [3.63, 3.8) is 0 Å². The standard InChI is InChI=1S/C18H26N2O3/c1-19(16-10-6-3-7-11-16)17(22)18(23)20(12-13-21)14-15-8-4-2-5-9-15/h2,4-5,8-9,16,21H,3,6-7,10-14H2,1H3. The van der Waals surface area contributed by atoms with Crippen molar-refractivity contribution in [2.45, 2.75) is 44.7 Å². The lowest BCUT2D eigenvalue weighted by molar-refractivity contribution is -0.153. The van der Waals surface area contributed by atoms with Crippen molar-refractivity contribution in [2.75, 3.05) is 20.2 Å². The van der Waals surface area contributed by atoms with Crippen LogP contribution in [0.5, 0.6) is 0 Å². The number of hydrogen-bond acceptors (Lipinski definition) is 3. The summed E-state index contributed by atoms with van der Waals surface area (Å²) >= 11 is 0. The van der Waals surface area contributed by atoms with Crippen LogP contribution in [-0.4, -0.2) is 53.0 Å². The van der Waals surface area contributed by atoms with Crippen molar-refractivity contribution < 1.29 is 14.7 Å². The minimum Gasteiger partial charge on any atom is -0.395 e. The van der Waals surface area contributed by atoms with Gasteiger partial charge in [-0.05, 0) is 18.4 Å². The predicted octanol–water partition coefficient (Wildman–Crippen LogP) is 1.80. The molecule has 23 heavy (non-hydrogen) atoms. The zero-order valence-electron chi connectivity index (χ0n) is 13.8. The molecule has 1 saturated carbocycles. The molecule has 0 spiro atoms. The summed E-state index contributed by atoms with van der Waals surface area (Å²) < 4.78 is 0. The Hall–Kier alpha value is -1.88. The van der Waals surface area contributed by atoms with E-state index < -0.39 is 11.8 Å². The number of aliphatic hydroxyl groups is 1. The lowest BCUT2D eigenvalue weighted by atomic mass is 9.94. The second-order valence-corrected chi connectivity index (χ2v) is 6.14. The minimum atomic E-state index is -0.532. The van der Waals surface area contributed by atoms with E-state index in [1.807, 2.05) is 30.3 Å². The zero-order valence-corrected chi connectivity index (χ0v) is 13.8. The summed E-state index contributed by atoms with van der Waals surface area (Å²) in [5.74, 6) is -1.00. The van der Waals surface area contributed by atoms with Gasteiger partial charge in [0.05, 0.1) is 6.61 Å². The predicted molar refractivity (Wildman–Crippen MR) is 88.6 cm³/mol. The van der Waals surface area contributed by atoms with Gasteiger partial charge in [0.1, 0.15) is 0 Å². The molecule has 2 amide bonds. The van der Waals surface area contributed by atoms with Crippen molar-refractivity contribution in [2.24, 2.45) is 0 Å². The second-order valence-electron chi connectivity index (χ2n) is 6.14. The van der Waals surface area contributed by atoms with Crippen LogP contribution < -0.4 is 0 Å². The molecule has 0 aromatic heterocycles. The van der Waals surface area contributed by atoms with E-state index in [4.69, 9.17) is 0 Å². The fraction of sp³-hybridized carbons (Fsp3) is 0.556. The first-order valence-corrected chi connectivity index (χ1v) is 8.34. The summed E-state index contributed by atoms with van der Waals surface area (Å²) in [6.07, 6.45) is 5.36. The number of likely N-dealkylation sites (N-methyl/N-ethyl adjacent to an activating group) is 1. The van der Waals surface area contributed by atoms with E-state index in [1.165, 1.54) is 11.3 Å². The quantitative estimate of drug-likeness (QED) is 0.842. The first-order valence-electron chi connectivity index (χ1n) is 8.34. The van der Waals surface area contributed by atoms with Gasteiger partial charge < -0.3 is 14.9 Å². The van der Waals surface area contributed by atoms with Crippen LogP contribution in [0.15, 0.2) is 30.3 Å². The number of hydrogen-bond donors (Lipinski definition) is 1. The van der Waals surface area contributed by atoms with E-state index in [0.29, 0.717) is 6.54 Å². The number of amides is 2. The van der Waals surface area contributed by atoms with Gasteiger partial charge in [0.2, 0.25) is 0 Å². The van der Waals surface area contributed by atoms with Crippen LogP contribution in [0.4, 0.5) is 0 Å². The maximum Gasteiger partial charge on any atom is 0.312 e. The molecule has 0 atom stereocenters. The maximum absolute atomic E-state index is 12.5. The van der Waals surface area contributed by atoms with Crippen LogP contribution >= 0.6 is 0 Å². The molecule has 1 aromatic rings. The number of benzene rings is 1. The molecule has 1 N–H and O–H groups in total. The lowest BCUT2D eigenvalue weighted by Gasteiger charge is -2.32. The van der Waals surface area contributed by atoms with Gasteiger partial charge in [-0.1, -0.05) is 49.6 Å². The molecular formula is C18H26N2O3. The zero-order chi connectivity index (χ0) is 16.7. The fourth-order valence-electron chi connectivity index (χ4n) is 3.10. The Morgan fingerprint density at radius 3 is 2.35 bits per heavy atom.